The van der Waals surface area contributed by atoms with Crippen LogP contribution in [0, 0.1) is 0 Å². The topological polar surface area (TPSA) is 237 Å². The Morgan fingerprint density at radius 2 is 0.576 bits per heavy atom. The highest BCUT2D eigenvalue weighted by Gasteiger charge is 2.30. The van der Waals surface area contributed by atoms with E-state index in [2.05, 4.69) is 113 Å². The average Bonchev–Trinajstić information content (AvgIpc) is 2.26. The van der Waals surface area contributed by atoms with Gasteiger partial charge in [0.2, 0.25) is 0 Å². The van der Waals surface area contributed by atoms with Crippen molar-refractivity contribution in [2.24, 2.45) is 0 Å². The summed E-state index contributed by atoms with van der Waals surface area (Å²) in [5, 5.41) is 10.6. The lowest BCUT2D eigenvalue weighted by molar-refractivity contribution is -0.161. The number of esters is 4. The molecule has 0 spiro atoms. The van der Waals surface area contributed by atoms with Crippen LogP contribution >= 0.6 is 15.6 Å². The molecule has 0 rings (SSSR count). The summed E-state index contributed by atoms with van der Waals surface area (Å²) >= 11 is 0. The van der Waals surface area contributed by atoms with Crippen LogP contribution in [0.15, 0.2) is 85.1 Å². The smallest absolute Gasteiger partial charge is 0.462 e. The van der Waals surface area contributed by atoms with Crippen LogP contribution in [0.25, 0.3) is 0 Å². The van der Waals surface area contributed by atoms with E-state index in [4.69, 9.17) is 37.0 Å². The van der Waals surface area contributed by atoms with E-state index in [-0.39, 0.29) is 25.7 Å². The monoisotopic (exact) mass is 1340 g/mol. The summed E-state index contributed by atoms with van der Waals surface area (Å²) in [5.41, 5.74) is 0. The Hall–Kier alpha value is -3.76. The van der Waals surface area contributed by atoms with E-state index in [1.54, 1.807) is 0 Å². The lowest BCUT2D eigenvalue weighted by Crippen LogP contribution is -2.30. The van der Waals surface area contributed by atoms with Crippen LogP contribution in [-0.4, -0.2) is 96.7 Å². The number of hydrogen-bond donors (Lipinski definition) is 3. The van der Waals surface area contributed by atoms with Crippen molar-refractivity contribution in [3.63, 3.8) is 0 Å². The van der Waals surface area contributed by atoms with Crippen molar-refractivity contribution in [1.82, 2.24) is 0 Å². The first-order valence-electron chi connectivity index (χ1n) is 35.8. The molecular weight excluding hydrogens is 1210 g/mol. The van der Waals surface area contributed by atoms with Crippen LogP contribution in [0.4, 0.5) is 0 Å². The van der Waals surface area contributed by atoms with Crippen LogP contribution in [0.1, 0.15) is 297 Å². The van der Waals surface area contributed by atoms with Crippen LogP contribution in [0.5, 0.6) is 0 Å². The maximum absolute atomic E-state index is 13.0. The number of allylic oxidation sites excluding steroid dienone is 14. The second-order valence-electron chi connectivity index (χ2n) is 23.8. The standard InChI is InChI=1S/C73H128O17P2/c1-5-9-13-17-21-25-29-30-31-32-33-34-35-36-40-42-46-50-54-58-71(76)84-64-69(90-73(78)60-56-52-48-44-39-28-24-20-16-12-8-4)66-88-92(81,82)86-62-67(74)61-85-91(79,80)87-65-68(89-72(77)59-55-51-47-43-38-27-23-19-15-11-7-3)63-83-70(75)57-53-49-45-41-37-26-22-18-14-10-6-2/h9,13,18-19,21-23,25,30-31,33-34,36,40,67-69,74H,5-8,10-12,14-17,20,24,26-29,32,35,37-39,41-66H2,1-4H3,(H,79,80)(H,81,82)/b13-9-,22-18-,23-19-,25-21-,31-30-,34-33-,40-36-. The summed E-state index contributed by atoms with van der Waals surface area (Å²) in [6.07, 6.45) is 64.6. The quantitative estimate of drug-likeness (QED) is 0.0169. The lowest BCUT2D eigenvalue weighted by Gasteiger charge is -2.21. The number of aliphatic hydroxyl groups excluding tert-OH is 1. The van der Waals surface area contributed by atoms with E-state index < -0.39 is 97.5 Å². The summed E-state index contributed by atoms with van der Waals surface area (Å²) in [6.45, 7) is 4.61. The molecule has 0 amide bonds. The van der Waals surface area contributed by atoms with Crippen molar-refractivity contribution in [3.05, 3.63) is 85.1 Å². The Balaban J connectivity index is 5.30. The fraction of sp³-hybridized carbons (Fsp3) is 0.753. The van der Waals surface area contributed by atoms with E-state index >= 15 is 0 Å². The molecule has 19 heteroatoms. The number of carbonyl (C=O) groups excluding carboxylic acids is 4. The number of phosphoric ester groups is 2. The number of ether oxygens (including phenoxy) is 4. The van der Waals surface area contributed by atoms with Crippen LogP contribution in [0.2, 0.25) is 0 Å². The molecule has 0 aromatic carbocycles. The molecular formula is C73H128O17P2. The lowest BCUT2D eigenvalue weighted by atomic mass is 10.1. The Kier molecular flexibility index (Phi) is 63.2. The third-order valence-electron chi connectivity index (χ3n) is 14.8. The van der Waals surface area contributed by atoms with E-state index in [1.807, 2.05) is 0 Å². The highest BCUT2D eigenvalue weighted by atomic mass is 31.2. The highest BCUT2D eigenvalue weighted by molar-refractivity contribution is 7.47. The molecule has 5 unspecified atom stereocenters. The number of unbranched alkanes of at least 4 members (excludes halogenated alkanes) is 27. The summed E-state index contributed by atoms with van der Waals surface area (Å²) in [7, 11) is -9.94. The second kappa shape index (κ2) is 65.9. The fourth-order valence-corrected chi connectivity index (χ4v) is 10.9. The zero-order chi connectivity index (χ0) is 67.5. The molecule has 0 fully saturated rings. The van der Waals surface area contributed by atoms with E-state index in [1.165, 1.54) is 64.2 Å². The van der Waals surface area contributed by atoms with E-state index in [9.17, 15) is 43.2 Å². The first kappa shape index (κ1) is 88.2. The zero-order valence-electron chi connectivity index (χ0n) is 57.7. The average molecular weight is 1340 g/mol. The largest absolute Gasteiger partial charge is 0.472 e. The van der Waals surface area contributed by atoms with Crippen LogP contribution < -0.4 is 0 Å². The van der Waals surface area contributed by atoms with Crippen molar-refractivity contribution in [2.75, 3.05) is 39.6 Å². The summed E-state index contributed by atoms with van der Waals surface area (Å²) in [6, 6.07) is 0. The predicted octanol–water partition coefficient (Wildman–Crippen LogP) is 19.9. The third-order valence-corrected chi connectivity index (χ3v) is 16.7. The fourth-order valence-electron chi connectivity index (χ4n) is 9.33. The van der Waals surface area contributed by atoms with Crippen molar-refractivity contribution in [2.45, 2.75) is 316 Å². The van der Waals surface area contributed by atoms with Gasteiger partial charge >= 0.3 is 39.5 Å². The summed E-state index contributed by atoms with van der Waals surface area (Å²) in [5.74, 6) is -2.22. The van der Waals surface area contributed by atoms with E-state index in [0.29, 0.717) is 25.7 Å². The van der Waals surface area contributed by atoms with Crippen molar-refractivity contribution in [3.8, 4) is 0 Å². The minimum Gasteiger partial charge on any atom is -0.462 e. The number of carbonyl (C=O) groups is 4. The molecule has 0 aliphatic carbocycles. The van der Waals surface area contributed by atoms with Crippen LogP contribution in [0.3, 0.4) is 0 Å². The number of rotatable bonds is 67. The molecule has 3 N–H and O–H groups in total. The highest BCUT2D eigenvalue weighted by Crippen LogP contribution is 2.45. The van der Waals surface area contributed by atoms with Gasteiger partial charge in [-0.3, -0.25) is 37.3 Å². The van der Waals surface area contributed by atoms with Gasteiger partial charge in [-0.25, -0.2) is 9.13 Å². The van der Waals surface area contributed by atoms with Gasteiger partial charge in [-0.15, -0.1) is 0 Å². The number of hydrogen-bond acceptors (Lipinski definition) is 15. The van der Waals surface area contributed by atoms with Gasteiger partial charge in [0.1, 0.15) is 19.3 Å². The zero-order valence-corrected chi connectivity index (χ0v) is 59.5. The Bertz CT molecular complexity index is 2090. The molecule has 0 radical (unpaired) electrons. The van der Waals surface area contributed by atoms with Gasteiger partial charge in [0, 0.05) is 25.7 Å². The Morgan fingerprint density at radius 1 is 0.315 bits per heavy atom. The second-order valence-corrected chi connectivity index (χ2v) is 26.7. The molecule has 0 saturated heterocycles. The predicted molar refractivity (Wildman–Crippen MR) is 372 cm³/mol. The van der Waals surface area contributed by atoms with E-state index in [0.717, 1.165) is 154 Å². The SMILES string of the molecule is CC/C=C\C/C=C\C/C=C\C/C=C\C/C=C\CCCCCC(=O)OCC(COP(=O)(O)OCC(O)COP(=O)(O)OCC(COC(=O)CCCCCCC/C=C\CCCC)OC(=O)CCCCCCC/C=C\CCCC)OC(=O)CCCCCCCCCCCCC. The number of aliphatic hydroxyl groups is 1. The first-order chi connectivity index (χ1) is 44.7. The molecule has 0 aromatic heterocycles. The maximum Gasteiger partial charge on any atom is 0.472 e. The van der Waals surface area contributed by atoms with Gasteiger partial charge in [-0.2, -0.15) is 0 Å². The van der Waals surface area contributed by atoms with Gasteiger partial charge in [-0.1, -0.05) is 248 Å². The number of phosphoric acid groups is 2. The summed E-state index contributed by atoms with van der Waals surface area (Å²) < 4.78 is 68.1. The Morgan fingerprint density at radius 3 is 0.924 bits per heavy atom. The molecule has 0 bridgehead atoms. The van der Waals surface area contributed by atoms with Gasteiger partial charge in [0.25, 0.3) is 0 Å². The molecule has 0 heterocycles. The van der Waals surface area contributed by atoms with Crippen molar-refractivity contribution in [1.29, 1.82) is 0 Å². The van der Waals surface area contributed by atoms with Crippen LogP contribution in [-0.2, 0) is 65.4 Å². The van der Waals surface area contributed by atoms with Gasteiger partial charge in [-0.05, 0) is 109 Å². The van der Waals surface area contributed by atoms with Gasteiger partial charge in [0.15, 0.2) is 12.2 Å². The molecule has 5 atom stereocenters. The molecule has 0 saturated carbocycles. The van der Waals surface area contributed by atoms with Gasteiger partial charge in [0.05, 0.1) is 26.4 Å². The molecule has 0 aliphatic rings. The maximum atomic E-state index is 13.0. The summed E-state index contributed by atoms with van der Waals surface area (Å²) in [4.78, 5) is 72.5. The van der Waals surface area contributed by atoms with Crippen molar-refractivity contribution >= 4 is 39.5 Å². The minimum absolute atomic E-state index is 0.0842. The van der Waals surface area contributed by atoms with Gasteiger partial charge < -0.3 is 33.8 Å². The normalized spacial score (nSPS) is 14.6. The molecule has 0 aliphatic heterocycles. The molecule has 17 nitrogen and oxygen atoms in total. The first-order valence-corrected chi connectivity index (χ1v) is 38.8. The molecule has 92 heavy (non-hydrogen) atoms. The Labute approximate surface area is 557 Å². The third kappa shape index (κ3) is 64.9. The molecule has 532 valence electrons. The minimum atomic E-state index is -4.97. The molecule has 0 aromatic rings. The van der Waals surface area contributed by atoms with Crippen molar-refractivity contribution < 1.29 is 80.2 Å².